The van der Waals surface area contributed by atoms with Crippen molar-refractivity contribution in [1.29, 1.82) is 0 Å². The Bertz CT molecular complexity index is 2120. The van der Waals surface area contributed by atoms with Crippen LogP contribution in [0.1, 0.15) is 86.6 Å². The molecule has 67 heavy (non-hydrogen) atoms. The Labute approximate surface area is 391 Å². The predicted octanol–water partition coefficient (Wildman–Crippen LogP) is 5.19. The topological polar surface area (TPSA) is 219 Å². The summed E-state index contributed by atoms with van der Waals surface area (Å²) in [6.07, 6.45) is -6.21. The van der Waals surface area contributed by atoms with Gasteiger partial charge in [-0.15, -0.1) is 0 Å². The van der Waals surface area contributed by atoms with Crippen molar-refractivity contribution in [3.05, 3.63) is 60.2 Å². The normalized spacial score (nSPS) is 17.5. The van der Waals surface area contributed by atoms with Crippen molar-refractivity contribution in [3.8, 4) is 0 Å². The van der Waals surface area contributed by atoms with Crippen LogP contribution >= 0.6 is 0 Å². The number of sulfonamides is 1. The molecule has 0 bridgehead atoms. The van der Waals surface area contributed by atoms with Gasteiger partial charge in [-0.3, -0.25) is 24.0 Å². The minimum Gasteiger partial charge on any atom is -0.444 e. The Morgan fingerprint density at radius 2 is 1.49 bits per heavy atom. The standard InChI is InChI=1S/C46H67F3N6O11S/c1-12-28(4)38(54(9)42(59)37(27(2)3)52-44(61)66-45(6,7)8)35(64-10)26-36(56)55-24-16-19-34(55)39(65-11)29(5)40(57)51-33(25-30-17-14-13-15-18-30)41(58)53-67(62,63)32-22-20-31(21-23-32)50-43(60)46(47,48)49/h13-15,17-18,20-23,27-29,33-35,37-39H,12,16,19,24-26H2,1-11H3,(H,50,60)(H,51,57)(H,52,61)(H,53,58)/t28-,29-,33+,34+,35-,37+,38+,39-/m1/s1. The van der Waals surface area contributed by atoms with Gasteiger partial charge in [0.15, 0.2) is 0 Å². The zero-order valence-electron chi connectivity index (χ0n) is 40.1. The Balaban J connectivity index is 1.82. The van der Waals surface area contributed by atoms with E-state index < -0.39 is 92.8 Å². The molecule has 2 aromatic carbocycles. The van der Waals surface area contributed by atoms with Gasteiger partial charge in [0.2, 0.25) is 17.7 Å². The number of alkyl carbamates (subject to hydrolysis) is 1. The van der Waals surface area contributed by atoms with Crippen molar-refractivity contribution in [2.45, 2.75) is 141 Å². The molecule has 3 rings (SSSR count). The molecule has 0 radical (unpaired) electrons. The van der Waals surface area contributed by atoms with Crippen molar-refractivity contribution < 1.29 is 64.6 Å². The number of hydrogen-bond acceptors (Lipinski definition) is 11. The molecule has 1 aliphatic rings. The molecule has 1 heterocycles. The number of amides is 6. The number of benzene rings is 2. The van der Waals surface area contributed by atoms with E-state index in [2.05, 4.69) is 10.6 Å². The Kier molecular flexibility index (Phi) is 20.2. The molecule has 0 unspecified atom stereocenters. The fraction of sp³-hybridized carbons (Fsp3) is 0.609. The van der Waals surface area contributed by atoms with E-state index in [9.17, 15) is 50.4 Å². The maximum Gasteiger partial charge on any atom is 0.471 e. The number of rotatable bonds is 21. The number of ether oxygens (including phenoxy) is 3. The van der Waals surface area contributed by atoms with Gasteiger partial charge in [-0.25, -0.2) is 17.9 Å². The molecule has 1 saturated heterocycles. The number of nitrogens with one attached hydrogen (secondary N) is 4. The van der Waals surface area contributed by atoms with Gasteiger partial charge in [-0.05, 0) is 75.3 Å². The van der Waals surface area contributed by atoms with Crippen LogP contribution in [0.15, 0.2) is 59.5 Å². The van der Waals surface area contributed by atoms with Crippen molar-refractivity contribution >= 4 is 51.3 Å². The van der Waals surface area contributed by atoms with Crippen molar-refractivity contribution in [3.63, 3.8) is 0 Å². The first-order valence-electron chi connectivity index (χ1n) is 22.2. The van der Waals surface area contributed by atoms with Gasteiger partial charge in [0.25, 0.3) is 15.9 Å². The molecule has 6 amide bonds. The number of halogens is 3. The Morgan fingerprint density at radius 1 is 0.881 bits per heavy atom. The number of anilines is 1. The fourth-order valence-corrected chi connectivity index (χ4v) is 9.04. The van der Waals surface area contributed by atoms with Crippen LogP contribution in [-0.4, -0.2) is 130 Å². The number of nitrogens with zero attached hydrogens (tertiary/aromatic N) is 2. The second-order valence-corrected chi connectivity index (χ2v) is 19.8. The second kappa shape index (κ2) is 24.1. The smallest absolute Gasteiger partial charge is 0.444 e. The lowest BCUT2D eigenvalue weighted by Crippen LogP contribution is -2.58. The second-order valence-electron chi connectivity index (χ2n) is 18.2. The fourth-order valence-electron chi connectivity index (χ4n) is 8.02. The van der Waals surface area contributed by atoms with E-state index in [4.69, 9.17) is 14.2 Å². The molecule has 0 aromatic heterocycles. The lowest BCUT2D eigenvalue weighted by Gasteiger charge is -2.40. The van der Waals surface area contributed by atoms with Crippen molar-refractivity contribution in [2.75, 3.05) is 33.1 Å². The molecule has 8 atom stereocenters. The zero-order valence-corrected chi connectivity index (χ0v) is 40.9. The lowest BCUT2D eigenvalue weighted by atomic mass is 9.89. The highest BCUT2D eigenvalue weighted by Gasteiger charge is 2.44. The maximum absolute atomic E-state index is 14.3. The molecule has 374 valence electrons. The van der Waals surface area contributed by atoms with Crippen LogP contribution in [0.5, 0.6) is 0 Å². The van der Waals surface area contributed by atoms with Gasteiger partial charge >= 0.3 is 18.2 Å². The van der Waals surface area contributed by atoms with Gasteiger partial charge in [0, 0.05) is 39.9 Å². The molecule has 0 saturated carbocycles. The number of likely N-dealkylation sites (tertiary alicyclic amines) is 1. The Morgan fingerprint density at radius 3 is 2.01 bits per heavy atom. The molecular formula is C46H67F3N6O11S. The summed E-state index contributed by atoms with van der Waals surface area (Å²) in [7, 11) is -0.169. The summed E-state index contributed by atoms with van der Waals surface area (Å²) in [5.41, 5.74) is -0.560. The summed E-state index contributed by atoms with van der Waals surface area (Å²) in [6, 6.07) is 8.52. The molecular weight excluding hydrogens is 902 g/mol. The van der Waals surface area contributed by atoms with Crippen LogP contribution in [0.4, 0.5) is 23.7 Å². The van der Waals surface area contributed by atoms with E-state index in [0.29, 0.717) is 31.4 Å². The third-order valence-electron chi connectivity index (χ3n) is 11.7. The van der Waals surface area contributed by atoms with Crippen molar-refractivity contribution in [2.24, 2.45) is 17.8 Å². The molecule has 0 aliphatic carbocycles. The third-order valence-corrected chi connectivity index (χ3v) is 13.1. The van der Waals surface area contributed by atoms with Crippen molar-refractivity contribution in [1.82, 2.24) is 25.2 Å². The first-order chi connectivity index (χ1) is 31.1. The number of hydrogen-bond donors (Lipinski definition) is 4. The average molecular weight is 969 g/mol. The van der Waals surface area contributed by atoms with Gasteiger partial charge < -0.3 is 40.0 Å². The highest BCUT2D eigenvalue weighted by molar-refractivity contribution is 7.90. The van der Waals surface area contributed by atoms with E-state index in [1.165, 1.54) is 19.1 Å². The minimum atomic E-state index is -5.18. The average Bonchev–Trinajstić information content (AvgIpc) is 3.74. The molecule has 4 N–H and O–H groups in total. The predicted molar refractivity (Wildman–Crippen MR) is 243 cm³/mol. The van der Waals surface area contributed by atoms with E-state index in [1.54, 1.807) is 89.1 Å². The van der Waals surface area contributed by atoms with Gasteiger partial charge in [0.05, 0.1) is 41.5 Å². The van der Waals surface area contributed by atoms with Crippen LogP contribution in [0, 0.1) is 17.8 Å². The van der Waals surface area contributed by atoms with E-state index >= 15 is 0 Å². The molecule has 1 aliphatic heterocycles. The highest BCUT2D eigenvalue weighted by atomic mass is 32.2. The van der Waals surface area contributed by atoms with Crippen LogP contribution in [0.2, 0.25) is 0 Å². The lowest BCUT2D eigenvalue weighted by molar-refractivity contribution is -0.167. The molecule has 0 spiro atoms. The number of carbonyl (C=O) groups is 6. The monoisotopic (exact) mass is 968 g/mol. The minimum absolute atomic E-state index is 0.138. The molecule has 17 nitrogen and oxygen atoms in total. The third kappa shape index (κ3) is 15.9. The summed E-state index contributed by atoms with van der Waals surface area (Å²) in [5.74, 6) is -6.21. The van der Waals surface area contributed by atoms with Crippen LogP contribution in [-0.2, 0) is 54.6 Å². The number of carbonyl (C=O) groups excluding carboxylic acids is 6. The zero-order chi connectivity index (χ0) is 50.6. The van der Waals surface area contributed by atoms with Gasteiger partial charge in [0.1, 0.15) is 17.7 Å². The van der Waals surface area contributed by atoms with Crippen LogP contribution in [0.25, 0.3) is 0 Å². The summed E-state index contributed by atoms with van der Waals surface area (Å²) in [4.78, 5) is 83.0. The van der Waals surface area contributed by atoms with Gasteiger partial charge in [-0.1, -0.05) is 71.4 Å². The highest BCUT2D eigenvalue weighted by Crippen LogP contribution is 2.30. The number of likely N-dealkylation sites (N-methyl/N-ethyl adjacent to an activating group) is 1. The first-order valence-corrected chi connectivity index (χ1v) is 23.6. The first kappa shape index (κ1) is 56.0. The largest absolute Gasteiger partial charge is 0.471 e. The molecule has 2 aromatic rings. The molecule has 21 heteroatoms. The van der Waals surface area contributed by atoms with Crippen LogP contribution < -0.4 is 20.7 Å². The summed E-state index contributed by atoms with van der Waals surface area (Å²) >= 11 is 0. The number of methoxy groups -OCH3 is 2. The summed E-state index contributed by atoms with van der Waals surface area (Å²) in [6.45, 7) is 14.6. The SMILES string of the molecule is CC[C@@H](C)[C@@H]([C@@H](CC(=O)N1CCC[C@H]1[C@H](OC)[C@@H](C)C(=O)N[C@@H](Cc1ccccc1)C(=O)NS(=O)(=O)c1ccc(NC(=O)C(F)(F)F)cc1)OC)N(C)C(=O)[C@@H](NC(=O)OC(C)(C)C)C(C)C. The summed E-state index contributed by atoms with van der Waals surface area (Å²) < 4.78 is 84.0. The quantitative estimate of drug-likeness (QED) is 0.128. The maximum atomic E-state index is 14.3. The number of alkyl halides is 3. The molecule has 1 fully saturated rings. The van der Waals surface area contributed by atoms with Crippen LogP contribution in [0.3, 0.4) is 0 Å². The van der Waals surface area contributed by atoms with E-state index in [1.807, 2.05) is 18.6 Å². The van der Waals surface area contributed by atoms with Gasteiger partial charge in [-0.2, -0.15) is 13.2 Å². The van der Waals surface area contributed by atoms with E-state index in [-0.39, 0.29) is 42.2 Å². The van der Waals surface area contributed by atoms with E-state index in [0.717, 1.165) is 24.3 Å². The Hall–Kier alpha value is -5.28. The summed E-state index contributed by atoms with van der Waals surface area (Å²) in [5, 5.41) is 6.98.